The van der Waals surface area contributed by atoms with Gasteiger partial charge in [0, 0.05) is 17.6 Å². The number of carbonyl (C=O) groups is 1. The number of benzene rings is 2. The van der Waals surface area contributed by atoms with Crippen LogP contribution in [0.25, 0.3) is 11.1 Å². The van der Waals surface area contributed by atoms with Gasteiger partial charge in [-0.05, 0) is 30.7 Å². The van der Waals surface area contributed by atoms with Crippen LogP contribution < -0.4 is 10.6 Å². The summed E-state index contributed by atoms with van der Waals surface area (Å²) in [4.78, 5) is 16.6. The van der Waals surface area contributed by atoms with Gasteiger partial charge in [0.25, 0.3) is 0 Å². The number of hydrogen-bond donors (Lipinski definition) is 2. The summed E-state index contributed by atoms with van der Waals surface area (Å²) in [5, 5.41) is 5.69. The zero-order chi connectivity index (χ0) is 18.0. The number of nitrogens with zero attached hydrogens (tertiary/aromatic N) is 1. The lowest BCUT2D eigenvalue weighted by Gasteiger charge is -2.11. The predicted molar refractivity (Wildman–Crippen MR) is 99.7 cm³/mol. The smallest absolute Gasteiger partial charge is 0.319 e. The van der Waals surface area contributed by atoms with E-state index in [1.807, 2.05) is 43.3 Å². The first kappa shape index (κ1) is 17.0. The molecule has 0 saturated heterocycles. The molecule has 25 heavy (non-hydrogen) atoms. The van der Waals surface area contributed by atoms with E-state index in [0.29, 0.717) is 18.1 Å². The first-order valence-electron chi connectivity index (χ1n) is 8.33. The maximum absolute atomic E-state index is 12.1. The molecule has 2 N–H and O–H groups in total. The molecule has 2 amide bonds. The summed E-state index contributed by atoms with van der Waals surface area (Å²) < 4.78 is 5.77. The number of aromatic nitrogens is 1. The van der Waals surface area contributed by atoms with Crippen LogP contribution in [0.4, 0.5) is 10.5 Å². The van der Waals surface area contributed by atoms with E-state index in [0.717, 1.165) is 16.7 Å². The van der Waals surface area contributed by atoms with Crippen LogP contribution in [0.1, 0.15) is 37.8 Å². The third kappa shape index (κ3) is 4.18. The Morgan fingerprint density at radius 2 is 1.96 bits per heavy atom. The van der Waals surface area contributed by atoms with Crippen molar-refractivity contribution < 1.29 is 9.21 Å². The van der Waals surface area contributed by atoms with Crippen molar-refractivity contribution in [2.75, 3.05) is 5.32 Å². The number of urea groups is 1. The van der Waals surface area contributed by atoms with Crippen molar-refractivity contribution in [3.63, 3.8) is 0 Å². The van der Waals surface area contributed by atoms with Gasteiger partial charge in [-0.1, -0.05) is 50.6 Å². The van der Waals surface area contributed by atoms with Gasteiger partial charge in [0.1, 0.15) is 5.52 Å². The molecular formula is C20H23N3O2. The van der Waals surface area contributed by atoms with Gasteiger partial charge in [0.15, 0.2) is 5.58 Å². The zero-order valence-corrected chi connectivity index (χ0v) is 15.0. The van der Waals surface area contributed by atoms with Gasteiger partial charge in [-0.25, -0.2) is 9.78 Å². The predicted octanol–water partition coefficient (Wildman–Crippen LogP) is 4.76. The zero-order valence-electron chi connectivity index (χ0n) is 15.0. The Labute approximate surface area is 147 Å². The second-order valence-corrected chi connectivity index (χ2v) is 7.25. The Balaban J connectivity index is 1.66. The molecule has 0 aliphatic rings. The minimum Gasteiger partial charge on any atom is -0.440 e. The number of anilines is 1. The molecule has 0 aliphatic carbocycles. The van der Waals surface area contributed by atoms with Crippen LogP contribution in [0.3, 0.4) is 0 Å². The number of oxazole rings is 1. The molecule has 0 saturated carbocycles. The maximum atomic E-state index is 12.1. The van der Waals surface area contributed by atoms with E-state index in [1.54, 1.807) is 0 Å². The van der Waals surface area contributed by atoms with Gasteiger partial charge in [-0.2, -0.15) is 0 Å². The average Bonchev–Trinajstić information content (AvgIpc) is 2.97. The molecular weight excluding hydrogens is 314 g/mol. The van der Waals surface area contributed by atoms with E-state index in [1.165, 1.54) is 5.56 Å². The lowest BCUT2D eigenvalue weighted by atomic mass is 9.97. The third-order valence-electron chi connectivity index (χ3n) is 3.82. The Morgan fingerprint density at radius 3 is 2.68 bits per heavy atom. The standard InChI is InChI=1S/C20H23N3O2/c1-13-6-5-7-14(10-13)12-21-19(24)22-15-8-9-17-16(11-15)23-18(25-17)20(2,3)4/h5-11H,12H2,1-4H3,(H2,21,22,24). The lowest BCUT2D eigenvalue weighted by molar-refractivity contribution is 0.251. The van der Waals surface area contributed by atoms with E-state index in [4.69, 9.17) is 4.42 Å². The van der Waals surface area contributed by atoms with Crippen molar-refractivity contribution in [2.24, 2.45) is 0 Å². The maximum Gasteiger partial charge on any atom is 0.319 e. The third-order valence-corrected chi connectivity index (χ3v) is 3.82. The van der Waals surface area contributed by atoms with Gasteiger partial charge in [-0.15, -0.1) is 0 Å². The Morgan fingerprint density at radius 1 is 1.16 bits per heavy atom. The van der Waals surface area contributed by atoms with Crippen LogP contribution in [0, 0.1) is 6.92 Å². The van der Waals surface area contributed by atoms with Gasteiger partial charge in [0.05, 0.1) is 0 Å². The van der Waals surface area contributed by atoms with Gasteiger partial charge in [0.2, 0.25) is 5.89 Å². The monoisotopic (exact) mass is 337 g/mol. The highest BCUT2D eigenvalue weighted by molar-refractivity contribution is 5.91. The molecule has 0 aliphatic heterocycles. The molecule has 3 rings (SSSR count). The normalized spacial score (nSPS) is 11.5. The average molecular weight is 337 g/mol. The summed E-state index contributed by atoms with van der Waals surface area (Å²) in [6.45, 7) is 8.66. The van der Waals surface area contributed by atoms with Gasteiger partial charge < -0.3 is 15.1 Å². The first-order chi connectivity index (χ1) is 11.8. The van der Waals surface area contributed by atoms with E-state index in [-0.39, 0.29) is 11.4 Å². The Kier molecular flexibility index (Phi) is 4.49. The molecule has 0 atom stereocenters. The van der Waals surface area contributed by atoms with Crippen molar-refractivity contribution in [3.8, 4) is 0 Å². The number of nitrogens with one attached hydrogen (secondary N) is 2. The van der Waals surface area contributed by atoms with Crippen molar-refractivity contribution >= 4 is 22.8 Å². The summed E-state index contributed by atoms with van der Waals surface area (Å²) in [5.74, 6) is 0.684. The number of rotatable bonds is 3. The molecule has 0 fully saturated rings. The van der Waals surface area contributed by atoms with Gasteiger partial charge >= 0.3 is 6.03 Å². The molecule has 0 spiro atoms. The molecule has 0 unspecified atom stereocenters. The highest BCUT2D eigenvalue weighted by atomic mass is 16.3. The Bertz CT molecular complexity index is 907. The molecule has 130 valence electrons. The highest BCUT2D eigenvalue weighted by Crippen LogP contribution is 2.27. The summed E-state index contributed by atoms with van der Waals surface area (Å²) in [6, 6.07) is 13.3. The summed E-state index contributed by atoms with van der Waals surface area (Å²) in [7, 11) is 0. The van der Waals surface area contributed by atoms with Crippen LogP contribution in [0.2, 0.25) is 0 Å². The van der Waals surface area contributed by atoms with Crippen molar-refractivity contribution in [2.45, 2.75) is 39.7 Å². The molecule has 2 aromatic carbocycles. The van der Waals surface area contributed by atoms with E-state index >= 15 is 0 Å². The summed E-state index contributed by atoms with van der Waals surface area (Å²) >= 11 is 0. The SMILES string of the molecule is Cc1cccc(CNC(=O)Nc2ccc3oc(C(C)(C)C)nc3c2)c1. The fourth-order valence-corrected chi connectivity index (χ4v) is 2.51. The second kappa shape index (κ2) is 6.59. The number of fused-ring (bicyclic) bond motifs is 1. The molecule has 5 heteroatoms. The summed E-state index contributed by atoms with van der Waals surface area (Å²) in [5.41, 5.74) is 4.22. The van der Waals surface area contributed by atoms with Crippen molar-refractivity contribution in [1.29, 1.82) is 0 Å². The van der Waals surface area contributed by atoms with E-state index < -0.39 is 0 Å². The minimum atomic E-state index is -0.250. The highest BCUT2D eigenvalue weighted by Gasteiger charge is 2.21. The first-order valence-corrected chi connectivity index (χ1v) is 8.33. The number of amides is 2. The quantitative estimate of drug-likeness (QED) is 0.724. The Hall–Kier alpha value is -2.82. The molecule has 1 aromatic heterocycles. The fourth-order valence-electron chi connectivity index (χ4n) is 2.51. The molecule has 0 bridgehead atoms. The number of aryl methyl sites for hydroxylation is 1. The van der Waals surface area contributed by atoms with Crippen LogP contribution >= 0.6 is 0 Å². The van der Waals surface area contributed by atoms with Crippen molar-refractivity contribution in [1.82, 2.24) is 10.3 Å². The van der Waals surface area contributed by atoms with Gasteiger partial charge in [-0.3, -0.25) is 0 Å². The molecule has 1 heterocycles. The summed E-state index contributed by atoms with van der Waals surface area (Å²) in [6.07, 6.45) is 0. The molecule has 0 radical (unpaired) electrons. The molecule has 3 aromatic rings. The fraction of sp³-hybridized carbons (Fsp3) is 0.300. The lowest BCUT2D eigenvalue weighted by Crippen LogP contribution is -2.28. The molecule has 5 nitrogen and oxygen atoms in total. The number of carbonyl (C=O) groups excluding carboxylic acids is 1. The van der Waals surface area contributed by atoms with Crippen LogP contribution in [-0.2, 0) is 12.0 Å². The van der Waals surface area contributed by atoms with Crippen molar-refractivity contribution in [3.05, 3.63) is 59.5 Å². The topological polar surface area (TPSA) is 67.2 Å². The minimum absolute atomic E-state index is 0.155. The van der Waals surface area contributed by atoms with Crippen LogP contribution in [-0.4, -0.2) is 11.0 Å². The van der Waals surface area contributed by atoms with Crippen LogP contribution in [0.15, 0.2) is 46.9 Å². The van der Waals surface area contributed by atoms with E-state index in [2.05, 4.69) is 42.5 Å². The number of hydrogen-bond acceptors (Lipinski definition) is 3. The second-order valence-electron chi connectivity index (χ2n) is 7.25. The van der Waals surface area contributed by atoms with E-state index in [9.17, 15) is 4.79 Å². The van der Waals surface area contributed by atoms with Crippen LogP contribution in [0.5, 0.6) is 0 Å². The largest absolute Gasteiger partial charge is 0.440 e.